The van der Waals surface area contributed by atoms with Crippen LogP contribution in [-0.2, 0) is 4.79 Å². The van der Waals surface area contributed by atoms with Crippen molar-refractivity contribution in [3.05, 3.63) is 70.9 Å². The predicted octanol–water partition coefficient (Wildman–Crippen LogP) is 3.31. The summed E-state index contributed by atoms with van der Waals surface area (Å²) in [5.74, 6) is -0.152. The molecule has 0 bridgehead atoms. The number of phenols is 1. The molecule has 1 aliphatic heterocycles. The maximum Gasteiger partial charge on any atom is 0.322 e. The van der Waals surface area contributed by atoms with Gasteiger partial charge in [-0.05, 0) is 43.2 Å². The number of para-hydroxylation sites is 1. The van der Waals surface area contributed by atoms with Gasteiger partial charge in [-0.3, -0.25) is 4.79 Å². The lowest BCUT2D eigenvalue weighted by atomic mass is 9.94. The number of benzene rings is 2. The Morgan fingerprint density at radius 2 is 1.77 bits per heavy atom. The number of nitrogens with zero attached hydrogens (tertiary/aromatic N) is 1. The average Bonchev–Trinajstić information content (AvgIpc) is 2.62. The Balaban J connectivity index is 2.01. The van der Waals surface area contributed by atoms with Crippen LogP contribution in [0.2, 0.25) is 0 Å². The summed E-state index contributed by atoms with van der Waals surface area (Å²) >= 11 is 0. The molecule has 3 N–H and O–H groups in total. The Morgan fingerprint density at radius 3 is 2.42 bits per heavy atom. The van der Waals surface area contributed by atoms with Crippen molar-refractivity contribution in [1.82, 2.24) is 10.2 Å². The van der Waals surface area contributed by atoms with Crippen molar-refractivity contribution in [3.63, 3.8) is 0 Å². The van der Waals surface area contributed by atoms with Crippen LogP contribution < -0.4 is 10.6 Å². The van der Waals surface area contributed by atoms with Gasteiger partial charge in [0.2, 0.25) is 0 Å². The molecule has 3 rings (SSSR count). The molecule has 134 valence electrons. The molecular formula is C20H21N3O3. The second kappa shape index (κ2) is 6.92. The van der Waals surface area contributed by atoms with Crippen LogP contribution in [0.25, 0.3) is 0 Å². The van der Waals surface area contributed by atoms with Crippen molar-refractivity contribution in [3.8, 4) is 5.75 Å². The fourth-order valence-corrected chi connectivity index (χ4v) is 2.95. The first-order valence-electron chi connectivity index (χ1n) is 8.29. The van der Waals surface area contributed by atoms with Gasteiger partial charge in [-0.25, -0.2) is 4.79 Å². The largest absolute Gasteiger partial charge is 0.508 e. The van der Waals surface area contributed by atoms with Crippen LogP contribution in [-0.4, -0.2) is 29.0 Å². The van der Waals surface area contributed by atoms with Gasteiger partial charge in [0.05, 0.1) is 11.6 Å². The number of urea groups is 1. The molecule has 0 aromatic heterocycles. The molecule has 0 fully saturated rings. The Hall–Kier alpha value is -3.28. The van der Waals surface area contributed by atoms with E-state index in [9.17, 15) is 14.7 Å². The molecule has 1 unspecified atom stereocenters. The van der Waals surface area contributed by atoms with Gasteiger partial charge >= 0.3 is 6.03 Å². The SMILES string of the molecule is CC1=C(C(=O)Nc2ccccc2C)C(c2ccc(O)cc2)NC(=O)N1C. The van der Waals surface area contributed by atoms with Gasteiger partial charge in [0.15, 0.2) is 0 Å². The second-order valence-corrected chi connectivity index (χ2v) is 6.30. The molecule has 26 heavy (non-hydrogen) atoms. The van der Waals surface area contributed by atoms with E-state index in [-0.39, 0.29) is 17.7 Å². The first-order valence-corrected chi connectivity index (χ1v) is 8.29. The van der Waals surface area contributed by atoms with Crippen molar-refractivity contribution >= 4 is 17.6 Å². The van der Waals surface area contributed by atoms with Gasteiger partial charge in [0.25, 0.3) is 5.91 Å². The first-order chi connectivity index (χ1) is 12.4. The van der Waals surface area contributed by atoms with Crippen molar-refractivity contribution in [1.29, 1.82) is 0 Å². The maximum atomic E-state index is 13.0. The second-order valence-electron chi connectivity index (χ2n) is 6.30. The molecule has 0 radical (unpaired) electrons. The zero-order valence-electron chi connectivity index (χ0n) is 14.9. The third kappa shape index (κ3) is 3.26. The number of hydrogen-bond acceptors (Lipinski definition) is 3. The van der Waals surface area contributed by atoms with Crippen LogP contribution in [0, 0.1) is 6.92 Å². The highest BCUT2D eigenvalue weighted by molar-refractivity contribution is 6.07. The zero-order chi connectivity index (χ0) is 18.8. The van der Waals surface area contributed by atoms with E-state index in [2.05, 4.69) is 10.6 Å². The van der Waals surface area contributed by atoms with E-state index in [1.54, 1.807) is 26.1 Å². The number of allylic oxidation sites excluding steroid dienone is 1. The topological polar surface area (TPSA) is 81.7 Å². The summed E-state index contributed by atoms with van der Waals surface area (Å²) in [6.45, 7) is 3.67. The van der Waals surface area contributed by atoms with Crippen molar-refractivity contribution in [2.24, 2.45) is 0 Å². The van der Waals surface area contributed by atoms with E-state index in [0.717, 1.165) is 16.8 Å². The van der Waals surface area contributed by atoms with Crippen LogP contribution in [0.1, 0.15) is 24.1 Å². The molecule has 0 spiro atoms. The van der Waals surface area contributed by atoms with Crippen molar-refractivity contribution < 1.29 is 14.7 Å². The third-order valence-electron chi connectivity index (χ3n) is 4.62. The number of anilines is 1. The van der Waals surface area contributed by atoms with Gasteiger partial charge in [-0.15, -0.1) is 0 Å². The highest BCUT2D eigenvalue weighted by Gasteiger charge is 2.34. The number of phenolic OH excluding ortho intramolecular Hbond substituents is 1. The van der Waals surface area contributed by atoms with Crippen LogP contribution in [0.4, 0.5) is 10.5 Å². The smallest absolute Gasteiger partial charge is 0.322 e. The van der Waals surface area contributed by atoms with Gasteiger partial charge in [0, 0.05) is 18.4 Å². The van der Waals surface area contributed by atoms with Crippen LogP contribution in [0.3, 0.4) is 0 Å². The zero-order valence-corrected chi connectivity index (χ0v) is 14.9. The maximum absolute atomic E-state index is 13.0. The minimum atomic E-state index is -0.594. The Labute approximate surface area is 152 Å². The highest BCUT2D eigenvalue weighted by atomic mass is 16.3. The van der Waals surface area contributed by atoms with Crippen LogP contribution >= 0.6 is 0 Å². The normalized spacial score (nSPS) is 17.1. The number of aromatic hydroxyl groups is 1. The quantitative estimate of drug-likeness (QED) is 0.793. The number of hydrogen-bond donors (Lipinski definition) is 3. The number of carbonyl (C=O) groups is 2. The summed E-state index contributed by atoms with van der Waals surface area (Å²) in [6.07, 6.45) is 0. The summed E-state index contributed by atoms with van der Waals surface area (Å²) < 4.78 is 0. The van der Waals surface area contributed by atoms with Crippen LogP contribution in [0.15, 0.2) is 59.8 Å². The van der Waals surface area contributed by atoms with E-state index in [1.807, 2.05) is 31.2 Å². The van der Waals surface area contributed by atoms with Crippen molar-refractivity contribution in [2.75, 3.05) is 12.4 Å². The molecule has 0 saturated carbocycles. The minimum Gasteiger partial charge on any atom is -0.508 e. The Morgan fingerprint density at radius 1 is 1.12 bits per heavy atom. The molecule has 2 aromatic carbocycles. The highest BCUT2D eigenvalue weighted by Crippen LogP contribution is 2.31. The minimum absolute atomic E-state index is 0.125. The molecule has 1 heterocycles. The number of carbonyl (C=O) groups excluding carboxylic acids is 2. The Bertz CT molecular complexity index is 887. The Kier molecular flexibility index (Phi) is 4.67. The summed E-state index contributed by atoms with van der Waals surface area (Å²) in [7, 11) is 1.62. The standard InChI is InChI=1S/C20H21N3O3/c1-12-6-4-5-7-16(12)21-19(25)17-13(2)23(3)20(26)22-18(17)14-8-10-15(24)11-9-14/h4-11,18,24H,1-3H3,(H,21,25)(H,22,26). The molecular weight excluding hydrogens is 330 g/mol. The lowest BCUT2D eigenvalue weighted by Crippen LogP contribution is -2.46. The van der Waals surface area contributed by atoms with Crippen molar-refractivity contribution in [2.45, 2.75) is 19.9 Å². The summed E-state index contributed by atoms with van der Waals surface area (Å²) in [5, 5.41) is 15.3. The van der Waals surface area contributed by atoms with E-state index in [4.69, 9.17) is 0 Å². The molecule has 0 aliphatic carbocycles. The lowest BCUT2D eigenvalue weighted by Gasteiger charge is -2.33. The molecule has 1 atom stereocenters. The molecule has 0 saturated heterocycles. The summed E-state index contributed by atoms with van der Waals surface area (Å²) in [6, 6.07) is 13.1. The molecule has 2 aromatic rings. The third-order valence-corrected chi connectivity index (χ3v) is 4.62. The fourth-order valence-electron chi connectivity index (χ4n) is 2.95. The van der Waals surface area contributed by atoms with E-state index in [0.29, 0.717) is 11.3 Å². The predicted molar refractivity (Wildman–Crippen MR) is 99.7 cm³/mol. The van der Waals surface area contributed by atoms with Crippen LogP contribution in [0.5, 0.6) is 5.75 Å². The van der Waals surface area contributed by atoms with E-state index in [1.165, 1.54) is 17.0 Å². The lowest BCUT2D eigenvalue weighted by molar-refractivity contribution is -0.113. The average molecular weight is 351 g/mol. The molecule has 1 aliphatic rings. The summed E-state index contributed by atoms with van der Waals surface area (Å²) in [4.78, 5) is 26.7. The number of rotatable bonds is 3. The molecule has 3 amide bonds. The van der Waals surface area contributed by atoms with Gasteiger partial charge < -0.3 is 20.6 Å². The van der Waals surface area contributed by atoms with Gasteiger partial charge in [-0.1, -0.05) is 30.3 Å². The van der Waals surface area contributed by atoms with Gasteiger partial charge in [0.1, 0.15) is 5.75 Å². The monoisotopic (exact) mass is 351 g/mol. The summed E-state index contributed by atoms with van der Waals surface area (Å²) in [5.41, 5.74) is 3.44. The van der Waals surface area contributed by atoms with E-state index < -0.39 is 6.04 Å². The fraction of sp³-hybridized carbons (Fsp3) is 0.200. The molecule has 6 heteroatoms. The molecule has 6 nitrogen and oxygen atoms in total. The number of nitrogens with one attached hydrogen (secondary N) is 2. The van der Waals surface area contributed by atoms with Gasteiger partial charge in [-0.2, -0.15) is 0 Å². The van der Waals surface area contributed by atoms with E-state index >= 15 is 0 Å². The number of amides is 3. The first kappa shape index (κ1) is 17.5. The number of aryl methyl sites for hydroxylation is 1.